The molecule has 1 aliphatic heterocycles. The lowest BCUT2D eigenvalue weighted by molar-refractivity contribution is -0.130. The van der Waals surface area contributed by atoms with Crippen LogP contribution in [0.5, 0.6) is 0 Å². The Morgan fingerprint density at radius 3 is 2.92 bits per heavy atom. The van der Waals surface area contributed by atoms with Crippen molar-refractivity contribution in [3.8, 4) is 0 Å². The zero-order chi connectivity index (χ0) is 9.84. The Balaban J connectivity index is 2.51. The molecule has 0 aromatic rings. The third-order valence-corrected chi connectivity index (χ3v) is 2.24. The molecule has 0 spiro atoms. The number of rotatable bonds is 2. The molecular weight excluding hydrogens is 164 g/mol. The topological polar surface area (TPSA) is 32.3 Å². The molecule has 0 radical (unpaired) electrons. The fourth-order valence-electron chi connectivity index (χ4n) is 1.70. The Kier molecular flexibility index (Phi) is 3.72. The fraction of sp³-hybridized carbons (Fsp3) is 0.900. The molecule has 76 valence electrons. The minimum absolute atomic E-state index is 0.248. The van der Waals surface area contributed by atoms with Crippen LogP contribution in [0, 0.1) is 11.8 Å². The Morgan fingerprint density at radius 1 is 1.62 bits per heavy atom. The molecule has 3 nitrogen and oxygen atoms in total. The van der Waals surface area contributed by atoms with Crippen molar-refractivity contribution in [3.63, 3.8) is 0 Å². The van der Waals surface area contributed by atoms with E-state index in [-0.39, 0.29) is 5.91 Å². The summed E-state index contributed by atoms with van der Waals surface area (Å²) < 4.78 is 0. The Morgan fingerprint density at radius 2 is 2.31 bits per heavy atom. The van der Waals surface area contributed by atoms with Crippen molar-refractivity contribution in [2.24, 2.45) is 11.8 Å². The van der Waals surface area contributed by atoms with Gasteiger partial charge < -0.3 is 10.2 Å². The number of amides is 1. The van der Waals surface area contributed by atoms with Crippen LogP contribution in [-0.2, 0) is 4.79 Å². The molecule has 1 heterocycles. The molecule has 3 heteroatoms. The first-order valence-corrected chi connectivity index (χ1v) is 5.08. The van der Waals surface area contributed by atoms with Gasteiger partial charge in [0.1, 0.15) is 0 Å². The van der Waals surface area contributed by atoms with Gasteiger partial charge in [0, 0.05) is 13.1 Å². The maximum atomic E-state index is 11.6. The molecule has 1 atom stereocenters. The van der Waals surface area contributed by atoms with Crippen LogP contribution in [0.4, 0.5) is 0 Å². The summed E-state index contributed by atoms with van der Waals surface area (Å²) in [6, 6.07) is 0. The van der Waals surface area contributed by atoms with Crippen LogP contribution in [0.3, 0.4) is 0 Å². The Labute approximate surface area is 80.5 Å². The summed E-state index contributed by atoms with van der Waals surface area (Å²) in [5.41, 5.74) is 0. The van der Waals surface area contributed by atoms with Gasteiger partial charge in [-0.05, 0) is 18.4 Å². The van der Waals surface area contributed by atoms with E-state index in [9.17, 15) is 4.79 Å². The predicted octanol–water partition coefficient (Wildman–Crippen LogP) is 0.710. The lowest BCUT2D eigenvalue weighted by Gasteiger charge is -2.24. The molecule has 1 amide bonds. The second kappa shape index (κ2) is 4.61. The van der Waals surface area contributed by atoms with Crippen LogP contribution >= 0.6 is 0 Å². The van der Waals surface area contributed by atoms with Gasteiger partial charge in [0.2, 0.25) is 5.91 Å². The summed E-state index contributed by atoms with van der Waals surface area (Å²) >= 11 is 0. The molecule has 0 saturated carbocycles. The van der Waals surface area contributed by atoms with E-state index in [2.05, 4.69) is 26.1 Å². The standard InChI is InChI=1S/C10H20N2O/c1-8(2)6-12-7-9(3)4-11-5-10(12)13/h8-9,11H,4-7H2,1-3H3. The molecule has 0 aliphatic carbocycles. The van der Waals surface area contributed by atoms with E-state index < -0.39 is 0 Å². The van der Waals surface area contributed by atoms with E-state index in [1.165, 1.54) is 0 Å². The van der Waals surface area contributed by atoms with E-state index in [1.807, 2.05) is 4.90 Å². The number of hydrogen-bond donors (Lipinski definition) is 1. The summed E-state index contributed by atoms with van der Waals surface area (Å²) in [5, 5.41) is 3.16. The van der Waals surface area contributed by atoms with Crippen molar-refractivity contribution in [1.82, 2.24) is 10.2 Å². The summed E-state index contributed by atoms with van der Waals surface area (Å²) in [6.45, 7) is 9.75. The Bertz CT molecular complexity index is 180. The molecule has 1 rings (SSSR count). The van der Waals surface area contributed by atoms with Crippen LogP contribution in [0.25, 0.3) is 0 Å². The molecular formula is C10H20N2O. The van der Waals surface area contributed by atoms with E-state index in [1.54, 1.807) is 0 Å². The largest absolute Gasteiger partial charge is 0.341 e. The normalized spacial score (nSPS) is 25.1. The molecule has 13 heavy (non-hydrogen) atoms. The number of nitrogens with zero attached hydrogens (tertiary/aromatic N) is 1. The predicted molar refractivity (Wildman–Crippen MR) is 53.5 cm³/mol. The van der Waals surface area contributed by atoms with Crippen molar-refractivity contribution in [1.29, 1.82) is 0 Å². The summed E-state index contributed by atoms with van der Waals surface area (Å²) in [6.07, 6.45) is 0. The smallest absolute Gasteiger partial charge is 0.236 e. The zero-order valence-corrected chi connectivity index (χ0v) is 8.84. The molecule has 0 aromatic carbocycles. The Hall–Kier alpha value is -0.570. The fourth-order valence-corrected chi connectivity index (χ4v) is 1.70. The molecule has 1 N–H and O–H groups in total. The van der Waals surface area contributed by atoms with E-state index >= 15 is 0 Å². The number of hydrogen-bond acceptors (Lipinski definition) is 2. The van der Waals surface area contributed by atoms with Crippen LogP contribution < -0.4 is 5.32 Å². The van der Waals surface area contributed by atoms with E-state index in [4.69, 9.17) is 0 Å². The highest BCUT2D eigenvalue weighted by Crippen LogP contribution is 2.06. The van der Waals surface area contributed by atoms with Gasteiger partial charge in [-0.15, -0.1) is 0 Å². The minimum Gasteiger partial charge on any atom is -0.341 e. The highest BCUT2D eigenvalue weighted by Gasteiger charge is 2.20. The van der Waals surface area contributed by atoms with Crippen molar-refractivity contribution < 1.29 is 4.79 Å². The molecule has 1 aliphatic rings. The van der Waals surface area contributed by atoms with Gasteiger partial charge in [-0.25, -0.2) is 0 Å². The minimum atomic E-state index is 0.248. The second-order valence-electron chi connectivity index (χ2n) is 4.43. The first kappa shape index (κ1) is 10.5. The van der Waals surface area contributed by atoms with Gasteiger partial charge in [0.15, 0.2) is 0 Å². The molecule has 0 bridgehead atoms. The maximum Gasteiger partial charge on any atom is 0.236 e. The summed E-state index contributed by atoms with van der Waals surface area (Å²) in [7, 11) is 0. The summed E-state index contributed by atoms with van der Waals surface area (Å²) in [4.78, 5) is 13.5. The molecule has 1 unspecified atom stereocenters. The van der Waals surface area contributed by atoms with Crippen LogP contribution in [0.2, 0.25) is 0 Å². The number of carbonyl (C=O) groups is 1. The van der Waals surface area contributed by atoms with Crippen LogP contribution in [0.1, 0.15) is 20.8 Å². The van der Waals surface area contributed by atoms with Gasteiger partial charge in [-0.3, -0.25) is 4.79 Å². The van der Waals surface area contributed by atoms with Crippen LogP contribution in [-0.4, -0.2) is 37.0 Å². The van der Waals surface area contributed by atoms with E-state index in [0.29, 0.717) is 18.4 Å². The van der Waals surface area contributed by atoms with Crippen molar-refractivity contribution in [3.05, 3.63) is 0 Å². The number of carbonyl (C=O) groups excluding carboxylic acids is 1. The van der Waals surface area contributed by atoms with Crippen molar-refractivity contribution >= 4 is 5.91 Å². The highest BCUT2D eigenvalue weighted by molar-refractivity contribution is 5.78. The van der Waals surface area contributed by atoms with Crippen molar-refractivity contribution in [2.45, 2.75) is 20.8 Å². The number of nitrogens with one attached hydrogen (secondary N) is 1. The maximum absolute atomic E-state index is 11.6. The lowest BCUT2D eigenvalue weighted by atomic mass is 10.1. The highest BCUT2D eigenvalue weighted by atomic mass is 16.2. The van der Waals surface area contributed by atoms with Gasteiger partial charge in [-0.1, -0.05) is 20.8 Å². The zero-order valence-electron chi connectivity index (χ0n) is 8.84. The first-order chi connectivity index (χ1) is 6.09. The lowest BCUT2D eigenvalue weighted by Crippen LogP contribution is -2.37. The third kappa shape index (κ3) is 3.35. The quantitative estimate of drug-likeness (QED) is 0.685. The van der Waals surface area contributed by atoms with E-state index in [0.717, 1.165) is 19.6 Å². The van der Waals surface area contributed by atoms with Gasteiger partial charge in [0.05, 0.1) is 6.54 Å². The third-order valence-electron chi connectivity index (χ3n) is 2.24. The second-order valence-corrected chi connectivity index (χ2v) is 4.43. The molecule has 0 aromatic heterocycles. The first-order valence-electron chi connectivity index (χ1n) is 5.08. The average molecular weight is 184 g/mol. The van der Waals surface area contributed by atoms with Crippen molar-refractivity contribution in [2.75, 3.05) is 26.2 Å². The van der Waals surface area contributed by atoms with Gasteiger partial charge in [-0.2, -0.15) is 0 Å². The molecule has 1 saturated heterocycles. The average Bonchev–Trinajstić information content (AvgIpc) is 2.14. The molecule has 1 fully saturated rings. The van der Waals surface area contributed by atoms with Gasteiger partial charge >= 0.3 is 0 Å². The summed E-state index contributed by atoms with van der Waals surface area (Å²) in [5.74, 6) is 1.39. The monoisotopic (exact) mass is 184 g/mol. The van der Waals surface area contributed by atoms with Gasteiger partial charge in [0.25, 0.3) is 0 Å². The van der Waals surface area contributed by atoms with Crippen LogP contribution in [0.15, 0.2) is 0 Å². The SMILES string of the molecule is CC(C)CN1CC(C)CNCC1=O.